The number of aliphatic hydroxyl groups is 1. The van der Waals surface area contributed by atoms with Crippen molar-refractivity contribution in [2.45, 2.75) is 50.2 Å². The van der Waals surface area contributed by atoms with Crippen molar-refractivity contribution in [3.8, 4) is 12.3 Å². The quantitative estimate of drug-likeness (QED) is 0.0845. The van der Waals surface area contributed by atoms with Gasteiger partial charge in [-0.25, -0.2) is 4.79 Å². The maximum Gasteiger partial charge on any atom is 0.326 e. The van der Waals surface area contributed by atoms with E-state index in [4.69, 9.17) is 16.6 Å². The van der Waals surface area contributed by atoms with Crippen LogP contribution in [0.5, 0.6) is 0 Å². The van der Waals surface area contributed by atoms with Crippen LogP contribution in [0.4, 0.5) is 0 Å². The number of carboxylic acids is 3. The van der Waals surface area contributed by atoms with Crippen molar-refractivity contribution < 1.29 is 49.2 Å². The van der Waals surface area contributed by atoms with E-state index < -0.39 is 72.7 Å². The molecular weight excluding hydrogens is 614 g/mol. The molecule has 4 rings (SSSR count). The Kier molecular flexibility index (Phi) is 11.2. The number of carboxylic acid groups (broad SMARTS) is 3. The zero-order valence-electron chi connectivity index (χ0n) is 25.2. The molecule has 1 heterocycles. The maximum absolute atomic E-state index is 13.9. The first-order chi connectivity index (χ1) is 22.4. The molecule has 3 aliphatic rings. The fraction of sp³-hybridized carbons (Fsp3) is 0.406. The number of amides is 3. The van der Waals surface area contributed by atoms with Crippen molar-refractivity contribution in [1.82, 2.24) is 20.7 Å². The number of fused-ring (bicyclic) bond motifs is 2. The van der Waals surface area contributed by atoms with Crippen LogP contribution in [0.15, 0.2) is 58.6 Å². The number of aliphatic imine (C=N–C) groups is 1. The molecule has 1 aromatic carbocycles. The highest BCUT2D eigenvalue weighted by molar-refractivity contribution is 6.03. The second-order valence-electron chi connectivity index (χ2n) is 11.2. The second kappa shape index (κ2) is 15.3. The Hall–Kier alpha value is -5.33. The third kappa shape index (κ3) is 8.10. The van der Waals surface area contributed by atoms with Gasteiger partial charge in [-0.3, -0.25) is 34.0 Å². The fourth-order valence-electron chi connectivity index (χ4n) is 5.94. The third-order valence-corrected chi connectivity index (χ3v) is 8.19. The van der Waals surface area contributed by atoms with Gasteiger partial charge in [0.25, 0.3) is 5.91 Å². The number of benzene rings is 1. The Labute approximate surface area is 269 Å². The number of nitrogens with zero attached hydrogens (tertiary/aromatic N) is 3. The highest BCUT2D eigenvalue weighted by Crippen LogP contribution is 2.41. The number of rotatable bonds is 15. The zero-order valence-corrected chi connectivity index (χ0v) is 25.2. The van der Waals surface area contributed by atoms with Crippen LogP contribution < -0.4 is 10.6 Å². The summed E-state index contributed by atoms with van der Waals surface area (Å²) in [5.74, 6) is -6.43. The van der Waals surface area contributed by atoms with E-state index in [2.05, 4.69) is 21.5 Å². The first-order valence-electron chi connectivity index (χ1n) is 14.9. The van der Waals surface area contributed by atoms with E-state index >= 15 is 0 Å². The number of carbonyl (C=O) groups excluding carboxylic acids is 3. The molecule has 15 heteroatoms. The molecule has 4 atom stereocenters. The molecule has 0 radical (unpaired) electrons. The summed E-state index contributed by atoms with van der Waals surface area (Å²) in [7, 11) is 0. The Bertz CT molecular complexity index is 1550. The molecule has 1 saturated carbocycles. The van der Waals surface area contributed by atoms with E-state index in [1.807, 2.05) is 12.2 Å². The lowest BCUT2D eigenvalue weighted by atomic mass is 9.85. The molecule has 0 bridgehead atoms. The number of hydrazine groups is 1. The van der Waals surface area contributed by atoms with Crippen molar-refractivity contribution >= 4 is 41.5 Å². The van der Waals surface area contributed by atoms with Crippen LogP contribution in [0.2, 0.25) is 0 Å². The number of carbonyl (C=O) groups is 6. The Morgan fingerprint density at radius 2 is 1.77 bits per heavy atom. The number of nitrogens with one attached hydrogen (secondary N) is 2. The molecule has 47 heavy (non-hydrogen) atoms. The number of hydrogen-bond acceptors (Lipinski definition) is 9. The highest BCUT2D eigenvalue weighted by atomic mass is 16.4. The first kappa shape index (κ1) is 34.5. The zero-order chi connectivity index (χ0) is 34.2. The van der Waals surface area contributed by atoms with Gasteiger partial charge in [-0.15, -0.1) is 6.42 Å². The molecule has 1 fully saturated rings. The van der Waals surface area contributed by atoms with Crippen molar-refractivity contribution in [2.24, 2.45) is 16.8 Å². The van der Waals surface area contributed by atoms with Gasteiger partial charge >= 0.3 is 17.9 Å². The summed E-state index contributed by atoms with van der Waals surface area (Å²) in [6, 6.07) is 5.75. The first-order valence-corrected chi connectivity index (χ1v) is 14.9. The van der Waals surface area contributed by atoms with E-state index in [9.17, 15) is 39.0 Å². The number of amidine groups is 1. The Morgan fingerprint density at radius 1 is 1.06 bits per heavy atom. The van der Waals surface area contributed by atoms with Crippen LogP contribution in [0, 0.1) is 24.2 Å². The second-order valence-corrected chi connectivity index (χ2v) is 11.2. The van der Waals surface area contributed by atoms with Crippen LogP contribution in [-0.2, 0) is 24.0 Å². The summed E-state index contributed by atoms with van der Waals surface area (Å²) in [5.41, 5.74) is 2.11. The molecule has 1 aliphatic heterocycles. The number of aliphatic carboxylic acids is 3. The van der Waals surface area contributed by atoms with Gasteiger partial charge in [0, 0.05) is 24.9 Å². The van der Waals surface area contributed by atoms with Crippen LogP contribution in [0.1, 0.15) is 42.5 Å². The highest BCUT2D eigenvalue weighted by Gasteiger charge is 2.41. The van der Waals surface area contributed by atoms with E-state index in [1.165, 1.54) is 5.01 Å². The van der Waals surface area contributed by atoms with E-state index in [0.717, 1.165) is 11.1 Å². The summed E-state index contributed by atoms with van der Waals surface area (Å²) in [4.78, 5) is 78.1. The van der Waals surface area contributed by atoms with Crippen LogP contribution in [0.3, 0.4) is 0 Å². The van der Waals surface area contributed by atoms with Crippen LogP contribution in [-0.4, -0.2) is 110 Å². The molecule has 0 saturated heterocycles. The lowest BCUT2D eigenvalue weighted by molar-refractivity contribution is -0.156. The molecule has 0 aromatic heterocycles. The average Bonchev–Trinajstić information content (AvgIpc) is 3.45. The fourth-order valence-corrected chi connectivity index (χ4v) is 5.94. The molecule has 2 unspecified atom stereocenters. The molecule has 3 amide bonds. The van der Waals surface area contributed by atoms with Crippen molar-refractivity contribution in [2.75, 3.05) is 19.7 Å². The molecule has 1 aromatic rings. The maximum atomic E-state index is 13.9. The van der Waals surface area contributed by atoms with Gasteiger partial charge in [-0.05, 0) is 42.5 Å². The van der Waals surface area contributed by atoms with E-state index in [0.29, 0.717) is 18.4 Å². The smallest absolute Gasteiger partial charge is 0.326 e. The van der Waals surface area contributed by atoms with Crippen molar-refractivity contribution in [1.29, 1.82) is 0 Å². The lowest BCUT2D eigenvalue weighted by Crippen LogP contribution is -2.53. The van der Waals surface area contributed by atoms with E-state index in [1.54, 1.807) is 35.3 Å². The summed E-state index contributed by atoms with van der Waals surface area (Å²) in [5, 5.41) is 45.1. The van der Waals surface area contributed by atoms with Gasteiger partial charge in [0.05, 0.1) is 24.5 Å². The van der Waals surface area contributed by atoms with Gasteiger partial charge in [0.1, 0.15) is 18.5 Å². The minimum Gasteiger partial charge on any atom is -0.481 e. The standard InChI is InChI=1S/C32H35N5O10/c1-2-12-36(25-11-10-19-14-23-21(15-20(19)25)28(40)35-26(17-38)33-23)37(29(41)18-7-4-3-5-8-18)13-6-9-27(39)34-24(32(46)47)16-22(30(42)43)31(44)45/h1,3-5,7-8,14-15,21-25,38H,6,9-13,16-17H2,(H,34,39)(H,42,43)(H,44,45)(H,46,47)(H,33,35,40)/t21?,23?,24-,25-/m0/s1. The van der Waals surface area contributed by atoms with Gasteiger partial charge < -0.3 is 31.1 Å². The predicted octanol–water partition coefficient (Wildman–Crippen LogP) is 0.0383. The third-order valence-electron chi connectivity index (χ3n) is 8.19. The summed E-state index contributed by atoms with van der Waals surface area (Å²) < 4.78 is 0. The molecule has 6 N–H and O–H groups in total. The lowest BCUT2D eigenvalue weighted by Gasteiger charge is -2.39. The van der Waals surface area contributed by atoms with Crippen LogP contribution in [0.25, 0.3) is 0 Å². The molecule has 248 valence electrons. The topological polar surface area (TPSA) is 226 Å². The largest absolute Gasteiger partial charge is 0.481 e. The van der Waals surface area contributed by atoms with Gasteiger partial charge in [0.2, 0.25) is 11.8 Å². The minimum absolute atomic E-state index is 0.0000150. The van der Waals surface area contributed by atoms with Gasteiger partial charge in [0.15, 0.2) is 5.92 Å². The SMILES string of the molecule is C#CCN([C@H]1CCC2=CC3N=C(CO)NC(=O)C3C=C21)N(CCCC(=O)N[C@@H](CC(C(=O)O)C(=O)O)C(=O)O)C(=O)c1ccccc1. The van der Waals surface area contributed by atoms with Crippen molar-refractivity contribution in [3.05, 3.63) is 59.2 Å². The molecular formula is C32H35N5O10. The van der Waals surface area contributed by atoms with Crippen LogP contribution >= 0.6 is 0 Å². The Balaban J connectivity index is 1.55. The van der Waals surface area contributed by atoms with E-state index in [-0.39, 0.29) is 37.7 Å². The Morgan fingerprint density at radius 3 is 2.38 bits per heavy atom. The van der Waals surface area contributed by atoms with Gasteiger partial charge in [-0.2, -0.15) is 5.01 Å². The summed E-state index contributed by atoms with van der Waals surface area (Å²) in [6.45, 7) is -0.420. The summed E-state index contributed by atoms with van der Waals surface area (Å²) in [6.07, 6.45) is 9.57. The average molecular weight is 650 g/mol. The number of terminal acetylenes is 1. The normalized spacial score (nSPS) is 20.4. The number of hydrogen-bond donors (Lipinski definition) is 6. The van der Waals surface area contributed by atoms with Crippen molar-refractivity contribution in [3.63, 3.8) is 0 Å². The van der Waals surface area contributed by atoms with Gasteiger partial charge in [-0.1, -0.05) is 36.3 Å². The number of aliphatic hydroxyl groups excluding tert-OH is 1. The molecule has 2 aliphatic carbocycles. The molecule has 0 spiro atoms. The monoisotopic (exact) mass is 649 g/mol. The predicted molar refractivity (Wildman–Crippen MR) is 164 cm³/mol. The summed E-state index contributed by atoms with van der Waals surface area (Å²) >= 11 is 0. The molecule has 15 nitrogen and oxygen atoms in total. The minimum atomic E-state index is -2.04.